The van der Waals surface area contributed by atoms with E-state index >= 15 is 0 Å². The van der Waals surface area contributed by atoms with Crippen LogP contribution in [-0.4, -0.2) is 38.2 Å². The lowest BCUT2D eigenvalue weighted by Crippen LogP contribution is -2.72. The molecule has 7 heteroatoms. The maximum Gasteiger partial charge on any atom is 0.244 e. The van der Waals surface area contributed by atoms with E-state index < -0.39 is 11.6 Å². The lowest BCUT2D eigenvalue weighted by molar-refractivity contribution is -0.147. The van der Waals surface area contributed by atoms with Crippen LogP contribution in [0.25, 0.3) is 0 Å². The van der Waals surface area contributed by atoms with Crippen LogP contribution < -0.4 is 10.1 Å². The van der Waals surface area contributed by atoms with Crippen LogP contribution in [0.1, 0.15) is 41.7 Å². The third-order valence-electron chi connectivity index (χ3n) is 9.24. The molecule has 2 aliphatic heterocycles. The summed E-state index contributed by atoms with van der Waals surface area (Å²) in [5.74, 6) is 0.833. The van der Waals surface area contributed by atoms with Gasteiger partial charge in [-0.3, -0.25) is 15.1 Å². The molecule has 0 aromatic heterocycles. The largest absolute Gasteiger partial charge is 0.489 e. The summed E-state index contributed by atoms with van der Waals surface area (Å²) in [6.07, 6.45) is 0. The second-order valence-corrected chi connectivity index (χ2v) is 14.9. The molecule has 7 rings (SSSR count). The minimum atomic E-state index is -0.742. The molecule has 2 fully saturated rings. The van der Waals surface area contributed by atoms with Gasteiger partial charge in [0.05, 0.1) is 18.1 Å². The average Bonchev–Trinajstić information content (AvgIpc) is 3.39. The molecule has 0 spiro atoms. The second-order valence-electron chi connectivity index (χ2n) is 12.8. The molecule has 5 aromatic rings. The Morgan fingerprint density at radius 1 is 0.771 bits per heavy atom. The molecule has 0 aliphatic carbocycles. The first-order chi connectivity index (χ1) is 23.4. The summed E-state index contributed by atoms with van der Waals surface area (Å²) in [4.78, 5) is 21.0. The van der Waals surface area contributed by atoms with Crippen LogP contribution in [-0.2, 0) is 23.5 Å². The van der Waals surface area contributed by atoms with E-state index in [1.165, 1.54) is 0 Å². The number of benzene rings is 5. The maximum absolute atomic E-state index is 14.2. The standard InChI is InChI=1S/C41H38ClN3O2S/c1-40(2)36(37(42)43-27-29-23-25-34(26-24-29)47-28-30-15-7-3-8-16-30)45-38(46)35(39(45)48-40)44-41(31-17-9-4-10-18-31,32-19-11-5-12-20-32)33-21-13-6-14-22-33/h3-26,35-36,39,44H,27-28H2,1-2H3/t35?,36?,39-/m1/s1. The zero-order valence-electron chi connectivity index (χ0n) is 27.0. The van der Waals surface area contributed by atoms with E-state index in [9.17, 15) is 4.79 Å². The van der Waals surface area contributed by atoms with Crippen molar-refractivity contribution < 1.29 is 9.53 Å². The third-order valence-corrected chi connectivity index (χ3v) is 11.1. The van der Waals surface area contributed by atoms with Crippen molar-refractivity contribution in [3.8, 4) is 5.75 Å². The Labute approximate surface area is 292 Å². The molecular formula is C41H38ClN3O2S. The molecule has 2 heterocycles. The van der Waals surface area contributed by atoms with E-state index in [2.05, 4.69) is 92.0 Å². The van der Waals surface area contributed by atoms with E-state index in [4.69, 9.17) is 21.3 Å². The fraction of sp³-hybridized carbons (Fsp3) is 0.220. The van der Waals surface area contributed by atoms with Gasteiger partial charge in [0.15, 0.2) is 0 Å². The van der Waals surface area contributed by atoms with Crippen molar-refractivity contribution in [2.75, 3.05) is 0 Å². The van der Waals surface area contributed by atoms with Crippen LogP contribution in [0, 0.1) is 0 Å². The van der Waals surface area contributed by atoms with Gasteiger partial charge in [-0.15, -0.1) is 11.8 Å². The molecule has 1 N–H and O–H groups in total. The number of amides is 1. The molecule has 2 aliphatic rings. The molecule has 2 unspecified atom stereocenters. The predicted molar refractivity (Wildman–Crippen MR) is 196 cm³/mol. The van der Waals surface area contributed by atoms with Gasteiger partial charge in [0.2, 0.25) is 5.91 Å². The molecular weight excluding hydrogens is 634 g/mol. The van der Waals surface area contributed by atoms with Crippen molar-refractivity contribution in [3.05, 3.63) is 173 Å². The lowest BCUT2D eigenvalue weighted by atomic mass is 9.76. The number of carbonyl (C=O) groups excluding carboxylic acids is 1. The Morgan fingerprint density at radius 2 is 1.27 bits per heavy atom. The highest BCUT2D eigenvalue weighted by atomic mass is 35.5. The minimum absolute atomic E-state index is 0.0310. The van der Waals surface area contributed by atoms with Gasteiger partial charge in [-0.05, 0) is 53.8 Å². The fourth-order valence-electron chi connectivity index (χ4n) is 6.86. The van der Waals surface area contributed by atoms with E-state index in [0.29, 0.717) is 18.3 Å². The van der Waals surface area contributed by atoms with Crippen LogP contribution in [0.5, 0.6) is 5.75 Å². The molecule has 3 atom stereocenters. The van der Waals surface area contributed by atoms with Crippen LogP contribution in [0.2, 0.25) is 0 Å². The zero-order valence-corrected chi connectivity index (χ0v) is 28.6. The molecule has 0 saturated carbocycles. The quantitative estimate of drug-likeness (QED) is 0.0871. The summed E-state index contributed by atoms with van der Waals surface area (Å²) in [7, 11) is 0. The van der Waals surface area contributed by atoms with Crippen LogP contribution in [0.15, 0.2) is 151 Å². The Hall–Kier alpha value is -4.36. The summed E-state index contributed by atoms with van der Waals surface area (Å²) >= 11 is 8.78. The predicted octanol–water partition coefficient (Wildman–Crippen LogP) is 8.42. The number of hydrogen-bond acceptors (Lipinski definition) is 5. The maximum atomic E-state index is 14.2. The average molecular weight is 672 g/mol. The molecule has 48 heavy (non-hydrogen) atoms. The Balaban J connectivity index is 1.11. The smallest absolute Gasteiger partial charge is 0.244 e. The lowest BCUT2D eigenvalue weighted by Gasteiger charge is -2.49. The van der Waals surface area contributed by atoms with Crippen molar-refractivity contribution in [1.29, 1.82) is 0 Å². The van der Waals surface area contributed by atoms with Crippen molar-refractivity contribution in [2.45, 2.75) is 54.7 Å². The topological polar surface area (TPSA) is 53.9 Å². The number of aliphatic imine (C=N–C) groups is 1. The summed E-state index contributed by atoms with van der Waals surface area (Å²) in [6.45, 7) is 5.24. The number of rotatable bonds is 11. The third kappa shape index (κ3) is 6.16. The van der Waals surface area contributed by atoms with E-state index in [1.54, 1.807) is 11.8 Å². The Kier molecular flexibility index (Phi) is 9.15. The molecule has 0 radical (unpaired) electrons. The summed E-state index contributed by atoms with van der Waals surface area (Å²) in [6, 6.07) is 48.5. The van der Waals surface area contributed by atoms with Gasteiger partial charge in [-0.1, -0.05) is 145 Å². The highest BCUT2D eigenvalue weighted by Crippen LogP contribution is 2.53. The van der Waals surface area contributed by atoms with Gasteiger partial charge in [-0.2, -0.15) is 0 Å². The van der Waals surface area contributed by atoms with Gasteiger partial charge in [0.1, 0.15) is 28.9 Å². The highest BCUT2D eigenvalue weighted by molar-refractivity contribution is 8.01. The number of halogens is 1. The second kappa shape index (κ2) is 13.6. The monoisotopic (exact) mass is 671 g/mol. The minimum Gasteiger partial charge on any atom is -0.489 e. The number of hydrogen-bond donors (Lipinski definition) is 1. The summed E-state index contributed by atoms with van der Waals surface area (Å²) in [5.41, 5.74) is 4.62. The normalized spacial score (nSPS) is 20.2. The number of thioether (sulfide) groups is 1. The summed E-state index contributed by atoms with van der Waals surface area (Å²) < 4.78 is 5.61. The number of β-lactam (4-membered cyclic amide) rings is 1. The van der Waals surface area contributed by atoms with Crippen molar-refractivity contribution in [3.63, 3.8) is 0 Å². The van der Waals surface area contributed by atoms with Gasteiger partial charge in [-0.25, -0.2) is 0 Å². The van der Waals surface area contributed by atoms with Crippen LogP contribution >= 0.6 is 23.4 Å². The summed E-state index contributed by atoms with van der Waals surface area (Å²) in [5, 5.41) is 4.26. The number of nitrogens with zero attached hydrogens (tertiary/aromatic N) is 2. The van der Waals surface area contributed by atoms with Gasteiger partial charge in [0.25, 0.3) is 0 Å². The van der Waals surface area contributed by atoms with Gasteiger partial charge in [0, 0.05) is 4.75 Å². The molecule has 5 nitrogen and oxygen atoms in total. The van der Waals surface area contributed by atoms with Crippen LogP contribution in [0.3, 0.4) is 0 Å². The molecule has 5 aromatic carbocycles. The molecule has 242 valence electrons. The van der Waals surface area contributed by atoms with Crippen molar-refractivity contribution >= 4 is 34.4 Å². The van der Waals surface area contributed by atoms with Gasteiger partial charge >= 0.3 is 0 Å². The number of fused-ring (bicyclic) bond motifs is 1. The highest BCUT2D eigenvalue weighted by Gasteiger charge is 2.64. The van der Waals surface area contributed by atoms with Crippen molar-refractivity contribution in [2.24, 2.45) is 4.99 Å². The van der Waals surface area contributed by atoms with Crippen LogP contribution in [0.4, 0.5) is 0 Å². The number of carbonyl (C=O) groups is 1. The molecule has 2 saturated heterocycles. The first-order valence-electron chi connectivity index (χ1n) is 16.3. The Morgan fingerprint density at radius 3 is 1.79 bits per heavy atom. The van der Waals surface area contributed by atoms with E-state index in [1.807, 2.05) is 77.7 Å². The van der Waals surface area contributed by atoms with E-state index in [0.717, 1.165) is 33.6 Å². The van der Waals surface area contributed by atoms with Gasteiger partial charge < -0.3 is 9.64 Å². The fourth-order valence-corrected chi connectivity index (χ4v) is 9.00. The number of ether oxygens (including phenoxy) is 1. The zero-order chi connectivity index (χ0) is 33.1. The Bertz CT molecular complexity index is 1770. The first kappa shape index (κ1) is 32.2. The first-order valence-corrected chi connectivity index (χ1v) is 17.5. The SMILES string of the molecule is CC1(C)S[C@@H]2C(NC(c3ccccc3)(c3ccccc3)c3ccccc3)C(=O)N2C1C(Cl)=NCc1ccc(OCc2ccccc2)cc1. The molecule has 0 bridgehead atoms. The number of nitrogens with one attached hydrogen (secondary N) is 1. The van der Waals surface area contributed by atoms with E-state index in [-0.39, 0.29) is 22.1 Å². The van der Waals surface area contributed by atoms with Crippen molar-refractivity contribution in [1.82, 2.24) is 10.2 Å². The molecule has 1 amide bonds.